The van der Waals surface area contributed by atoms with Crippen LogP contribution in [0.3, 0.4) is 0 Å². The Labute approximate surface area is 143 Å². The topological polar surface area (TPSA) is 44.9 Å². The van der Waals surface area contributed by atoms with E-state index < -0.39 is 0 Å². The first-order chi connectivity index (χ1) is 11.2. The molecule has 0 fully saturated rings. The lowest BCUT2D eigenvalue weighted by atomic mass is 10.0. The number of halogens is 1. The standard InChI is InChI=1S/C17H15ClN4S/c1-3-11-8-13-16(12-6-4-5-7-14(12)18)19-9-15-21-20-10(2)22(15)17(13)23-11/h4-8H,3,9H2,1-2H3/p+1. The van der Waals surface area contributed by atoms with Gasteiger partial charge in [-0.05, 0) is 18.6 Å². The number of benzene rings is 1. The molecule has 0 spiro atoms. The Hall–Kier alpha value is -1.98. The zero-order valence-electron chi connectivity index (χ0n) is 12.9. The Kier molecular flexibility index (Phi) is 3.54. The van der Waals surface area contributed by atoms with Crippen LogP contribution in [0.2, 0.25) is 5.02 Å². The highest BCUT2D eigenvalue weighted by molar-refractivity contribution is 7.14. The van der Waals surface area contributed by atoms with Gasteiger partial charge in [0.05, 0.1) is 11.3 Å². The number of hydrogen-bond acceptors (Lipinski definition) is 3. The van der Waals surface area contributed by atoms with Crippen LogP contribution in [-0.2, 0) is 13.0 Å². The Morgan fingerprint density at radius 3 is 2.91 bits per heavy atom. The summed E-state index contributed by atoms with van der Waals surface area (Å²) >= 11 is 8.22. The van der Waals surface area contributed by atoms with Crippen molar-refractivity contribution in [1.29, 1.82) is 0 Å². The molecule has 3 heterocycles. The van der Waals surface area contributed by atoms with Gasteiger partial charge in [0.15, 0.2) is 5.00 Å². The number of aliphatic imine (C=N–C) groups is 1. The van der Waals surface area contributed by atoms with Gasteiger partial charge in [-0.15, -0.1) is 16.4 Å². The number of hydrogen-bond donors (Lipinski definition) is 1. The summed E-state index contributed by atoms with van der Waals surface area (Å²) in [5.74, 6) is 1.94. The third kappa shape index (κ3) is 2.31. The number of nitrogens with zero attached hydrogens (tertiary/aromatic N) is 3. The molecule has 6 heteroatoms. The quantitative estimate of drug-likeness (QED) is 0.710. The van der Waals surface area contributed by atoms with Crippen LogP contribution in [0.4, 0.5) is 0 Å². The molecule has 0 amide bonds. The number of H-pyrrole nitrogens is 1. The van der Waals surface area contributed by atoms with Crippen LogP contribution in [0.1, 0.15) is 34.6 Å². The first-order valence-corrected chi connectivity index (χ1v) is 8.77. The van der Waals surface area contributed by atoms with Gasteiger partial charge >= 0.3 is 5.82 Å². The maximum absolute atomic E-state index is 6.43. The van der Waals surface area contributed by atoms with E-state index in [1.165, 1.54) is 9.88 Å². The molecule has 0 bridgehead atoms. The zero-order valence-corrected chi connectivity index (χ0v) is 14.5. The molecule has 116 valence electrons. The SMILES string of the molecule is CCc1cc2c(s1)-[n+]1c(n[nH]c1C)CN=C2c1ccccc1Cl. The van der Waals surface area contributed by atoms with Crippen LogP contribution in [0.15, 0.2) is 35.3 Å². The normalized spacial score (nSPS) is 13.3. The van der Waals surface area contributed by atoms with Crippen LogP contribution in [0.25, 0.3) is 5.00 Å². The van der Waals surface area contributed by atoms with Crippen molar-refractivity contribution in [3.8, 4) is 5.00 Å². The summed E-state index contributed by atoms with van der Waals surface area (Å²) in [6.45, 7) is 4.74. The maximum atomic E-state index is 6.43. The van der Waals surface area contributed by atoms with Gasteiger partial charge < -0.3 is 0 Å². The summed E-state index contributed by atoms with van der Waals surface area (Å²) in [7, 11) is 0. The summed E-state index contributed by atoms with van der Waals surface area (Å²) < 4.78 is 2.17. The smallest absolute Gasteiger partial charge is 0.272 e. The molecule has 1 aliphatic heterocycles. The molecule has 1 aliphatic rings. The summed E-state index contributed by atoms with van der Waals surface area (Å²) in [5.41, 5.74) is 3.06. The molecule has 1 N–H and O–H groups in total. The number of aromatic nitrogens is 3. The van der Waals surface area contributed by atoms with Crippen molar-refractivity contribution >= 4 is 28.6 Å². The monoisotopic (exact) mass is 343 g/mol. The summed E-state index contributed by atoms with van der Waals surface area (Å²) in [6.07, 6.45) is 1.00. The number of thiophene rings is 1. The summed E-state index contributed by atoms with van der Waals surface area (Å²) in [4.78, 5) is 6.16. The second kappa shape index (κ2) is 5.58. The van der Waals surface area contributed by atoms with Crippen molar-refractivity contribution in [3.63, 3.8) is 0 Å². The lowest BCUT2D eigenvalue weighted by molar-refractivity contribution is -0.606. The van der Waals surface area contributed by atoms with E-state index >= 15 is 0 Å². The van der Waals surface area contributed by atoms with E-state index in [0.717, 1.165) is 39.9 Å². The Bertz CT molecular complexity index is 923. The molecule has 0 unspecified atom stereocenters. The third-order valence-electron chi connectivity index (χ3n) is 4.02. The summed E-state index contributed by atoms with van der Waals surface area (Å²) in [5, 5.41) is 9.36. The van der Waals surface area contributed by atoms with Crippen LogP contribution < -0.4 is 4.57 Å². The minimum Gasteiger partial charge on any atom is -0.272 e. The van der Waals surface area contributed by atoms with E-state index in [-0.39, 0.29) is 0 Å². The highest BCUT2D eigenvalue weighted by Crippen LogP contribution is 2.30. The van der Waals surface area contributed by atoms with Gasteiger partial charge in [0, 0.05) is 27.5 Å². The Balaban J connectivity index is 1.99. The molecule has 0 atom stereocenters. The van der Waals surface area contributed by atoms with E-state index in [1.54, 1.807) is 11.3 Å². The first kappa shape index (κ1) is 14.6. The third-order valence-corrected chi connectivity index (χ3v) is 5.61. The van der Waals surface area contributed by atoms with Crippen molar-refractivity contribution in [1.82, 2.24) is 10.2 Å². The molecule has 0 aliphatic carbocycles. The number of nitrogens with one attached hydrogen (secondary N) is 1. The van der Waals surface area contributed by atoms with Gasteiger partial charge in [0.2, 0.25) is 5.82 Å². The lowest BCUT2D eigenvalue weighted by Crippen LogP contribution is -2.35. The van der Waals surface area contributed by atoms with Crippen LogP contribution in [-0.4, -0.2) is 15.9 Å². The minimum atomic E-state index is 0.535. The lowest BCUT2D eigenvalue weighted by Gasteiger charge is -2.07. The first-order valence-electron chi connectivity index (χ1n) is 7.57. The minimum absolute atomic E-state index is 0.535. The molecule has 2 aromatic heterocycles. The second-order valence-electron chi connectivity index (χ2n) is 5.49. The molecule has 1 aromatic carbocycles. The number of rotatable bonds is 2. The number of aromatic amines is 1. The molecule has 3 aromatic rings. The highest BCUT2D eigenvalue weighted by atomic mass is 35.5. The Morgan fingerprint density at radius 2 is 2.13 bits per heavy atom. The Morgan fingerprint density at radius 1 is 1.30 bits per heavy atom. The maximum Gasteiger partial charge on any atom is 0.304 e. The van der Waals surface area contributed by atoms with Crippen LogP contribution in [0.5, 0.6) is 0 Å². The van der Waals surface area contributed by atoms with E-state index in [4.69, 9.17) is 16.6 Å². The van der Waals surface area contributed by atoms with Gasteiger partial charge in [-0.1, -0.05) is 36.7 Å². The van der Waals surface area contributed by atoms with Crippen molar-refractivity contribution in [2.24, 2.45) is 4.99 Å². The highest BCUT2D eigenvalue weighted by Gasteiger charge is 2.29. The molecule has 0 radical (unpaired) electrons. The van der Waals surface area contributed by atoms with Crippen molar-refractivity contribution < 1.29 is 4.57 Å². The molecular formula is C17H16ClN4S+. The average molecular weight is 344 g/mol. The zero-order chi connectivity index (χ0) is 16.0. The van der Waals surface area contributed by atoms with Gasteiger partial charge in [-0.3, -0.25) is 4.99 Å². The molecule has 4 nitrogen and oxygen atoms in total. The fourth-order valence-corrected chi connectivity index (χ4v) is 4.27. The van der Waals surface area contributed by atoms with Crippen LogP contribution in [0, 0.1) is 6.92 Å². The van der Waals surface area contributed by atoms with Gasteiger partial charge in [0.1, 0.15) is 6.54 Å². The largest absolute Gasteiger partial charge is 0.304 e. The second-order valence-corrected chi connectivity index (χ2v) is 7.01. The van der Waals surface area contributed by atoms with Gasteiger partial charge in [-0.2, -0.15) is 4.57 Å². The average Bonchev–Trinajstić information content (AvgIpc) is 3.09. The molecule has 23 heavy (non-hydrogen) atoms. The van der Waals surface area contributed by atoms with E-state index in [9.17, 15) is 0 Å². The molecule has 4 rings (SSSR count). The fourth-order valence-electron chi connectivity index (χ4n) is 2.87. The van der Waals surface area contributed by atoms with Crippen molar-refractivity contribution in [2.45, 2.75) is 26.8 Å². The fraction of sp³-hybridized carbons (Fsp3) is 0.235. The van der Waals surface area contributed by atoms with Crippen molar-refractivity contribution in [2.75, 3.05) is 0 Å². The van der Waals surface area contributed by atoms with Crippen molar-refractivity contribution in [3.05, 3.63) is 63.0 Å². The van der Waals surface area contributed by atoms with Crippen LogP contribution >= 0.6 is 22.9 Å². The summed E-state index contributed by atoms with van der Waals surface area (Å²) in [6, 6.07) is 10.1. The van der Waals surface area contributed by atoms with Gasteiger partial charge in [-0.25, -0.2) is 0 Å². The van der Waals surface area contributed by atoms with E-state index in [1.807, 2.05) is 31.2 Å². The van der Waals surface area contributed by atoms with E-state index in [0.29, 0.717) is 6.54 Å². The predicted octanol–water partition coefficient (Wildman–Crippen LogP) is 3.62. The number of fused-ring (bicyclic) bond motifs is 3. The predicted molar refractivity (Wildman–Crippen MR) is 92.9 cm³/mol. The van der Waals surface area contributed by atoms with Gasteiger partial charge in [0.25, 0.3) is 0 Å². The molecular weight excluding hydrogens is 328 g/mol. The molecule has 0 saturated heterocycles. The van der Waals surface area contributed by atoms with E-state index in [2.05, 4.69) is 27.8 Å². The number of aryl methyl sites for hydroxylation is 2. The molecule has 0 saturated carbocycles.